The van der Waals surface area contributed by atoms with E-state index >= 15 is 0 Å². The van der Waals surface area contributed by atoms with Gasteiger partial charge in [-0.25, -0.2) is 0 Å². The van der Waals surface area contributed by atoms with Gasteiger partial charge in [-0.3, -0.25) is 14.4 Å². The molecule has 0 aromatic carbocycles. The molecule has 72 heavy (non-hydrogen) atoms. The van der Waals surface area contributed by atoms with Crippen molar-refractivity contribution in [1.82, 2.24) is 0 Å². The molecule has 0 aromatic rings. The zero-order valence-electron chi connectivity index (χ0n) is 47.4. The van der Waals surface area contributed by atoms with Gasteiger partial charge < -0.3 is 14.2 Å². The molecule has 0 aliphatic rings. The number of unbranched alkanes of at least 4 members (excludes halogenated alkanes) is 30. The van der Waals surface area contributed by atoms with Gasteiger partial charge in [0.1, 0.15) is 13.2 Å². The summed E-state index contributed by atoms with van der Waals surface area (Å²) in [6, 6.07) is 0. The first kappa shape index (κ1) is 68.6. The van der Waals surface area contributed by atoms with Gasteiger partial charge in [0.05, 0.1) is 0 Å². The molecule has 0 saturated carbocycles. The topological polar surface area (TPSA) is 78.9 Å². The number of carbonyl (C=O) groups excluding carboxylic acids is 3. The second-order valence-corrected chi connectivity index (χ2v) is 20.2. The van der Waals surface area contributed by atoms with Crippen molar-refractivity contribution in [2.24, 2.45) is 0 Å². The molecule has 1 unspecified atom stereocenters. The summed E-state index contributed by atoms with van der Waals surface area (Å²) in [4.78, 5) is 37.9. The highest BCUT2D eigenvalue weighted by Crippen LogP contribution is 2.16. The van der Waals surface area contributed by atoms with Gasteiger partial charge in [-0.2, -0.15) is 0 Å². The molecule has 0 aliphatic heterocycles. The lowest BCUT2D eigenvalue weighted by Gasteiger charge is -2.18. The average Bonchev–Trinajstić information content (AvgIpc) is 3.38. The standard InChI is InChI=1S/C66H114O6/c1-4-7-10-13-16-19-21-22-23-24-25-26-27-28-29-30-31-32-33-34-35-36-37-38-39-40-41-42-43-44-46-47-50-53-56-59-65(68)71-62-63(61-70-64(67)58-55-52-49-18-15-12-9-6-3)72-66(69)60-57-54-51-48-45-20-17-14-11-8-5-2/h7,10,14,16-17,19,22-23,25-26,28-29,31-32,63H,4-6,8-9,11-13,15,18,20-21,24,27,30,33-62H2,1-3H3/b10-7-,17-14-,19-16-,23-22-,26-25-,29-28-,32-31-. The molecule has 0 aliphatic carbocycles. The summed E-state index contributed by atoms with van der Waals surface area (Å²) in [5.74, 6) is -0.882. The van der Waals surface area contributed by atoms with Gasteiger partial charge in [-0.05, 0) is 89.9 Å². The SMILES string of the molecule is CC/C=C\C/C=C\C/C=C\C/C=C\C/C=C\C/C=C\CCCCCCCCCCCCCCCCCCC(=O)OCC(COC(=O)CCCCCCCCCC)OC(=O)CCCCCCC/C=C\CCCC. The quantitative estimate of drug-likeness (QED) is 0.0261. The fourth-order valence-electron chi connectivity index (χ4n) is 8.55. The van der Waals surface area contributed by atoms with Crippen LogP contribution in [0, 0.1) is 0 Å². The van der Waals surface area contributed by atoms with Gasteiger partial charge in [0.15, 0.2) is 6.10 Å². The number of ether oxygens (including phenoxy) is 3. The summed E-state index contributed by atoms with van der Waals surface area (Å²) < 4.78 is 16.8. The van der Waals surface area contributed by atoms with Crippen LogP contribution < -0.4 is 0 Å². The number of allylic oxidation sites excluding steroid dienone is 14. The Hall–Kier alpha value is -3.41. The molecular weight excluding hydrogens is 889 g/mol. The van der Waals surface area contributed by atoms with Crippen LogP contribution >= 0.6 is 0 Å². The van der Waals surface area contributed by atoms with Crippen LogP contribution in [0.2, 0.25) is 0 Å². The molecule has 0 heterocycles. The zero-order chi connectivity index (χ0) is 52.2. The predicted octanol–water partition coefficient (Wildman–Crippen LogP) is 20.7. The van der Waals surface area contributed by atoms with Crippen molar-refractivity contribution in [3.8, 4) is 0 Å². The molecule has 0 radical (unpaired) electrons. The largest absolute Gasteiger partial charge is 0.462 e. The average molecular weight is 1000 g/mol. The molecule has 414 valence electrons. The Bertz CT molecular complexity index is 1380. The summed E-state index contributed by atoms with van der Waals surface area (Å²) in [6.45, 7) is 6.46. The van der Waals surface area contributed by atoms with E-state index in [0.29, 0.717) is 19.3 Å². The monoisotopic (exact) mass is 1000 g/mol. The normalized spacial score (nSPS) is 12.7. The maximum absolute atomic E-state index is 12.8. The number of hydrogen-bond acceptors (Lipinski definition) is 6. The number of hydrogen-bond donors (Lipinski definition) is 0. The van der Waals surface area contributed by atoms with Crippen LogP contribution in [0.25, 0.3) is 0 Å². The van der Waals surface area contributed by atoms with E-state index in [0.717, 1.165) is 109 Å². The number of rotatable bonds is 55. The second kappa shape index (κ2) is 60.1. The van der Waals surface area contributed by atoms with Crippen LogP contribution in [0.5, 0.6) is 0 Å². The lowest BCUT2D eigenvalue weighted by molar-refractivity contribution is -0.167. The molecule has 0 bridgehead atoms. The highest BCUT2D eigenvalue weighted by molar-refractivity contribution is 5.71. The molecule has 1 atom stereocenters. The summed E-state index contributed by atoms with van der Waals surface area (Å²) in [5, 5.41) is 0. The smallest absolute Gasteiger partial charge is 0.306 e. The zero-order valence-corrected chi connectivity index (χ0v) is 47.4. The minimum absolute atomic E-state index is 0.0754. The van der Waals surface area contributed by atoms with Crippen molar-refractivity contribution in [2.45, 2.75) is 303 Å². The molecule has 0 spiro atoms. The van der Waals surface area contributed by atoms with Crippen LogP contribution in [0.15, 0.2) is 85.1 Å². The van der Waals surface area contributed by atoms with Crippen LogP contribution in [0.1, 0.15) is 297 Å². The van der Waals surface area contributed by atoms with Crippen molar-refractivity contribution < 1.29 is 28.6 Å². The molecule has 0 N–H and O–H groups in total. The van der Waals surface area contributed by atoms with Crippen molar-refractivity contribution in [1.29, 1.82) is 0 Å². The minimum atomic E-state index is -0.774. The Balaban J connectivity index is 3.97. The molecule has 0 saturated heterocycles. The van der Waals surface area contributed by atoms with E-state index in [1.54, 1.807) is 0 Å². The molecule has 0 aromatic heterocycles. The molecule has 0 rings (SSSR count). The fraction of sp³-hybridized carbons (Fsp3) is 0.742. The van der Waals surface area contributed by atoms with Crippen LogP contribution in [0.3, 0.4) is 0 Å². The lowest BCUT2D eigenvalue weighted by Crippen LogP contribution is -2.30. The molecule has 0 fully saturated rings. The van der Waals surface area contributed by atoms with Gasteiger partial charge in [0.2, 0.25) is 0 Å². The predicted molar refractivity (Wildman–Crippen MR) is 311 cm³/mol. The summed E-state index contributed by atoms with van der Waals surface area (Å²) >= 11 is 0. The van der Waals surface area contributed by atoms with Crippen LogP contribution in [-0.2, 0) is 28.6 Å². The number of carbonyl (C=O) groups is 3. The molecular formula is C66H114O6. The van der Waals surface area contributed by atoms with Gasteiger partial charge in [-0.15, -0.1) is 0 Å². The van der Waals surface area contributed by atoms with E-state index < -0.39 is 6.10 Å². The molecule has 0 amide bonds. The Morgan fingerprint density at radius 2 is 0.556 bits per heavy atom. The Morgan fingerprint density at radius 1 is 0.292 bits per heavy atom. The first-order chi connectivity index (χ1) is 35.5. The van der Waals surface area contributed by atoms with Gasteiger partial charge >= 0.3 is 17.9 Å². The van der Waals surface area contributed by atoms with Gasteiger partial charge in [-0.1, -0.05) is 273 Å². The summed E-state index contributed by atoms with van der Waals surface area (Å²) in [5.41, 5.74) is 0. The summed E-state index contributed by atoms with van der Waals surface area (Å²) in [7, 11) is 0. The van der Waals surface area contributed by atoms with E-state index in [2.05, 4.69) is 106 Å². The van der Waals surface area contributed by atoms with E-state index in [-0.39, 0.29) is 31.1 Å². The van der Waals surface area contributed by atoms with Crippen LogP contribution in [0.4, 0.5) is 0 Å². The maximum Gasteiger partial charge on any atom is 0.306 e. The molecule has 6 heteroatoms. The van der Waals surface area contributed by atoms with E-state index in [4.69, 9.17) is 14.2 Å². The van der Waals surface area contributed by atoms with Crippen LogP contribution in [-0.4, -0.2) is 37.2 Å². The summed E-state index contributed by atoms with van der Waals surface area (Å²) in [6.07, 6.45) is 79.1. The van der Waals surface area contributed by atoms with E-state index in [1.165, 1.54) is 148 Å². The minimum Gasteiger partial charge on any atom is -0.462 e. The third-order valence-electron chi connectivity index (χ3n) is 13.1. The van der Waals surface area contributed by atoms with Crippen molar-refractivity contribution in [3.05, 3.63) is 85.1 Å². The third kappa shape index (κ3) is 57.5. The van der Waals surface area contributed by atoms with Crippen molar-refractivity contribution in [3.63, 3.8) is 0 Å². The van der Waals surface area contributed by atoms with E-state index in [9.17, 15) is 14.4 Å². The third-order valence-corrected chi connectivity index (χ3v) is 13.1. The highest BCUT2D eigenvalue weighted by atomic mass is 16.6. The Kier molecular flexibility index (Phi) is 57.3. The first-order valence-corrected chi connectivity index (χ1v) is 30.6. The number of esters is 3. The lowest BCUT2D eigenvalue weighted by atomic mass is 10.0. The van der Waals surface area contributed by atoms with Crippen molar-refractivity contribution >= 4 is 17.9 Å². The maximum atomic E-state index is 12.8. The first-order valence-electron chi connectivity index (χ1n) is 30.6. The van der Waals surface area contributed by atoms with Gasteiger partial charge in [0, 0.05) is 19.3 Å². The Labute approximate surface area is 445 Å². The van der Waals surface area contributed by atoms with Crippen molar-refractivity contribution in [2.75, 3.05) is 13.2 Å². The highest BCUT2D eigenvalue weighted by Gasteiger charge is 2.19. The second-order valence-electron chi connectivity index (χ2n) is 20.2. The molecule has 6 nitrogen and oxygen atoms in total. The fourth-order valence-corrected chi connectivity index (χ4v) is 8.55. The Morgan fingerprint density at radius 3 is 0.903 bits per heavy atom. The van der Waals surface area contributed by atoms with E-state index in [1.807, 2.05) is 0 Å². The van der Waals surface area contributed by atoms with Gasteiger partial charge in [0.25, 0.3) is 0 Å².